The van der Waals surface area contributed by atoms with Crippen molar-refractivity contribution in [3.8, 4) is 22.5 Å². The molecule has 0 saturated heterocycles. The maximum absolute atomic E-state index is 3.05. The highest BCUT2D eigenvalue weighted by atomic mass is 15.2. The molecular formula is C88H87BN4. The molecule has 0 saturated carbocycles. The van der Waals surface area contributed by atoms with E-state index in [0.717, 1.165) is 38.5 Å². The van der Waals surface area contributed by atoms with Gasteiger partial charge in [0.15, 0.2) is 0 Å². The van der Waals surface area contributed by atoms with Gasteiger partial charge in [-0.15, -0.1) is 0 Å². The normalized spacial score (nSPS) is 23.0. The zero-order valence-electron chi connectivity index (χ0n) is 54.8. The van der Waals surface area contributed by atoms with Crippen LogP contribution in [0.2, 0.25) is 0 Å². The summed E-state index contributed by atoms with van der Waals surface area (Å²) in [5, 5.41) is 5.20. The number of benzene rings is 8. The first-order chi connectivity index (χ1) is 45.8. The van der Waals surface area contributed by atoms with E-state index in [1.165, 1.54) is 188 Å². The summed E-state index contributed by atoms with van der Waals surface area (Å²) in [5.41, 5.74) is 28.1. The van der Waals surface area contributed by atoms with Gasteiger partial charge >= 0.3 is 0 Å². The minimum absolute atomic E-state index is 0.0262. The average Bonchev–Trinajstić information content (AvgIpc) is 0.952. The summed E-state index contributed by atoms with van der Waals surface area (Å²) in [4.78, 5) is 6.11. The van der Waals surface area contributed by atoms with E-state index in [2.05, 4.69) is 258 Å². The van der Waals surface area contributed by atoms with Crippen molar-refractivity contribution in [2.45, 2.75) is 154 Å². The Labute approximate surface area is 551 Å². The van der Waals surface area contributed by atoms with Gasteiger partial charge in [-0.2, -0.15) is 0 Å². The van der Waals surface area contributed by atoms with E-state index in [9.17, 15) is 0 Å². The van der Waals surface area contributed by atoms with Crippen LogP contribution in [-0.4, -0.2) is 27.9 Å². The van der Waals surface area contributed by atoms with Crippen LogP contribution in [0.1, 0.15) is 142 Å². The number of nitrogens with zero attached hydrogens (tertiary/aromatic N) is 4. The molecule has 10 aromatic rings. The van der Waals surface area contributed by atoms with Crippen LogP contribution in [0.5, 0.6) is 0 Å². The SMILES string of the molecule is CC(C)(C)c1ccc(-c2cc3c4c(c2)N(C2C(C5CC=CCC5)=CCCC2C2=CCCCC2)c2cc(-n5c6ccccc6c6ccccc65)ccc2B4c2ccc(-n4c5ccccc5c5ccccc54)cc2N3C2C(C3CC=CCC3)=CCCC2C2=CCCCC2)cc1. The number of fused-ring (bicyclic) bond motifs is 10. The first kappa shape index (κ1) is 57.2. The average molecular weight is 1210 g/mol. The minimum atomic E-state index is -0.0359. The zero-order valence-corrected chi connectivity index (χ0v) is 54.8. The van der Waals surface area contributed by atoms with Crippen molar-refractivity contribution < 1.29 is 0 Å². The Balaban J connectivity index is 0.975. The number of aromatic nitrogens is 2. The van der Waals surface area contributed by atoms with Crippen LogP contribution < -0.4 is 26.2 Å². The van der Waals surface area contributed by atoms with Gasteiger partial charge in [-0.05, 0) is 238 Å². The molecule has 0 amide bonds. The van der Waals surface area contributed by atoms with Gasteiger partial charge < -0.3 is 18.9 Å². The second-order valence-corrected chi connectivity index (χ2v) is 29.8. The molecule has 4 heterocycles. The quantitative estimate of drug-likeness (QED) is 0.106. The maximum Gasteiger partial charge on any atom is 0.252 e. The molecule has 0 spiro atoms. The smallest absolute Gasteiger partial charge is 0.252 e. The third kappa shape index (κ3) is 9.50. The Hall–Kier alpha value is -8.54. The topological polar surface area (TPSA) is 16.3 Å². The van der Waals surface area contributed by atoms with Crippen molar-refractivity contribution in [3.05, 3.63) is 246 Å². The molecule has 18 rings (SSSR count). The highest BCUT2D eigenvalue weighted by molar-refractivity contribution is 7.00. The van der Waals surface area contributed by atoms with Crippen LogP contribution in [0.25, 0.3) is 66.1 Å². The highest BCUT2D eigenvalue weighted by Crippen LogP contribution is 2.54. The molecule has 0 bridgehead atoms. The molecule has 0 N–H and O–H groups in total. The Morgan fingerprint density at radius 2 is 0.828 bits per heavy atom. The molecule has 6 unspecified atom stereocenters. The monoisotopic (exact) mass is 1210 g/mol. The molecule has 4 nitrogen and oxygen atoms in total. The van der Waals surface area contributed by atoms with Crippen LogP contribution in [0.4, 0.5) is 22.7 Å². The number of rotatable bonds is 9. The van der Waals surface area contributed by atoms with Crippen LogP contribution in [0.3, 0.4) is 0 Å². The first-order valence-electron chi connectivity index (χ1n) is 36.0. The summed E-state index contributed by atoms with van der Waals surface area (Å²) in [6.07, 6.45) is 42.4. The second-order valence-electron chi connectivity index (χ2n) is 29.8. The Morgan fingerprint density at radius 1 is 0.387 bits per heavy atom. The van der Waals surface area contributed by atoms with Crippen molar-refractivity contribution in [1.82, 2.24) is 9.13 Å². The zero-order chi connectivity index (χ0) is 61.9. The van der Waals surface area contributed by atoms with Gasteiger partial charge in [0.05, 0.1) is 34.2 Å². The van der Waals surface area contributed by atoms with Gasteiger partial charge in [-0.3, -0.25) is 0 Å². The molecule has 0 radical (unpaired) electrons. The van der Waals surface area contributed by atoms with Crippen molar-refractivity contribution in [1.29, 1.82) is 0 Å². The minimum Gasteiger partial charge on any atom is -0.334 e. The van der Waals surface area contributed by atoms with E-state index >= 15 is 0 Å². The van der Waals surface area contributed by atoms with E-state index in [-0.39, 0.29) is 24.2 Å². The van der Waals surface area contributed by atoms with Gasteiger partial charge in [0.1, 0.15) is 0 Å². The predicted octanol–water partition coefficient (Wildman–Crippen LogP) is 21.4. The molecule has 6 aliphatic carbocycles. The number of hydrogen-bond acceptors (Lipinski definition) is 2. The van der Waals surface area contributed by atoms with Crippen molar-refractivity contribution in [2.75, 3.05) is 9.80 Å². The number of allylic oxidation sites excluding steroid dienone is 8. The number of hydrogen-bond donors (Lipinski definition) is 0. The fourth-order valence-electron chi connectivity index (χ4n) is 19.4. The van der Waals surface area contributed by atoms with Crippen molar-refractivity contribution in [2.24, 2.45) is 23.7 Å². The van der Waals surface area contributed by atoms with Crippen LogP contribution in [0, 0.1) is 23.7 Å². The Bertz CT molecular complexity index is 4440. The lowest BCUT2D eigenvalue weighted by atomic mass is 9.33. The third-order valence-electron chi connectivity index (χ3n) is 23.7. The molecular weight excluding hydrogens is 1120 g/mol. The van der Waals surface area contributed by atoms with Gasteiger partial charge in [0, 0.05) is 67.5 Å². The van der Waals surface area contributed by atoms with E-state index in [1.807, 2.05) is 0 Å². The Kier molecular flexibility index (Phi) is 14.2. The molecule has 8 aromatic carbocycles. The van der Waals surface area contributed by atoms with Gasteiger partial charge in [-0.25, -0.2) is 0 Å². The summed E-state index contributed by atoms with van der Waals surface area (Å²) in [7, 11) is 0. The van der Waals surface area contributed by atoms with E-state index < -0.39 is 0 Å². The molecule has 2 aromatic heterocycles. The van der Waals surface area contributed by atoms with Crippen LogP contribution in [0.15, 0.2) is 241 Å². The standard InChI is InChI=1S/C88H87BN4/c1-88(2,3)64-48-46-58(47-49-64)63-54-83-85-84(55-63)93(87-69(61-30-12-6-13-31-61)40-25-41-70(87)62-32-14-7-15-33-62)82-57-66(91-79-44-22-18-36-73(79)74-37-19-23-45-80(74)91)51-53-76(82)89(85)75-52-50-65(90-77-42-20-16-34-71(77)72-35-17-21-43-78(72)90)56-81(75)92(83)86-67(59-26-8-4-9-27-59)38-24-39-68(86)60-28-10-5-11-29-60/h4,6,8,12,16-23,28,32,34-38,40,42-57,59,61,68,70,86-87H,5,7,9-11,13-15,24-27,29-31,33,39,41H2,1-3H3. The van der Waals surface area contributed by atoms with Crippen LogP contribution >= 0.6 is 0 Å². The molecule has 8 aliphatic rings. The lowest BCUT2D eigenvalue weighted by Crippen LogP contribution is -2.65. The lowest BCUT2D eigenvalue weighted by molar-refractivity contribution is 0.391. The Morgan fingerprint density at radius 3 is 1.23 bits per heavy atom. The van der Waals surface area contributed by atoms with Gasteiger partial charge in [-0.1, -0.05) is 190 Å². The van der Waals surface area contributed by atoms with Crippen molar-refractivity contribution >= 4 is 89.5 Å². The largest absolute Gasteiger partial charge is 0.334 e. The van der Waals surface area contributed by atoms with E-state index in [0.29, 0.717) is 23.7 Å². The number of anilines is 4. The molecule has 2 aliphatic heterocycles. The first-order valence-corrected chi connectivity index (χ1v) is 36.0. The van der Waals surface area contributed by atoms with E-state index in [4.69, 9.17) is 0 Å². The van der Waals surface area contributed by atoms with Crippen molar-refractivity contribution in [3.63, 3.8) is 0 Å². The number of para-hydroxylation sites is 4. The fourth-order valence-corrected chi connectivity index (χ4v) is 19.4. The second kappa shape index (κ2) is 23.2. The molecule has 6 atom stereocenters. The van der Waals surface area contributed by atoms with Crippen LogP contribution in [-0.2, 0) is 5.41 Å². The summed E-state index contributed by atoms with van der Waals surface area (Å²) in [6.45, 7) is 7.05. The molecule has 5 heteroatoms. The molecule has 0 fully saturated rings. The third-order valence-corrected chi connectivity index (χ3v) is 23.7. The lowest BCUT2D eigenvalue weighted by Gasteiger charge is -2.53. The van der Waals surface area contributed by atoms with Gasteiger partial charge in [0.2, 0.25) is 0 Å². The molecule has 93 heavy (non-hydrogen) atoms. The summed E-state index contributed by atoms with van der Waals surface area (Å²) in [6, 6.07) is 67.8. The fraction of sp³-hybridized carbons (Fsp3) is 0.318. The summed E-state index contributed by atoms with van der Waals surface area (Å²) < 4.78 is 5.18. The van der Waals surface area contributed by atoms with Gasteiger partial charge in [0.25, 0.3) is 6.71 Å². The molecule has 462 valence electrons. The maximum atomic E-state index is 3.05. The predicted molar refractivity (Wildman–Crippen MR) is 396 cm³/mol. The highest BCUT2D eigenvalue weighted by Gasteiger charge is 2.51. The summed E-state index contributed by atoms with van der Waals surface area (Å²) >= 11 is 0. The summed E-state index contributed by atoms with van der Waals surface area (Å²) in [5.74, 6) is 1.74. The van der Waals surface area contributed by atoms with E-state index in [1.54, 1.807) is 22.3 Å².